The average molecular weight is 169 g/mol. The molecule has 9 heavy (non-hydrogen) atoms. The first-order valence-electron chi connectivity index (χ1n) is 3.09. The van der Waals surface area contributed by atoms with Crippen LogP contribution in [0, 0.1) is 0 Å². The summed E-state index contributed by atoms with van der Waals surface area (Å²) >= 11 is 11.9. The van der Waals surface area contributed by atoms with Gasteiger partial charge in [0.05, 0.1) is 0 Å². The maximum atomic E-state index is 5.93. The molecule has 0 spiro atoms. The van der Waals surface area contributed by atoms with Gasteiger partial charge in [-0.2, -0.15) is 0 Å². The van der Waals surface area contributed by atoms with E-state index in [1.807, 2.05) is 27.7 Å². The van der Waals surface area contributed by atoms with E-state index in [4.69, 9.17) is 23.2 Å². The molecule has 0 saturated heterocycles. The molecule has 2 heteroatoms. The lowest BCUT2D eigenvalue weighted by molar-refractivity contribution is 0.525. The zero-order valence-electron chi connectivity index (χ0n) is 6.46. The van der Waals surface area contributed by atoms with Crippen LogP contribution in [-0.4, -0.2) is 9.75 Å². The normalized spacial score (nSPS) is 14.0. The van der Waals surface area contributed by atoms with Gasteiger partial charge in [-0.15, -0.1) is 23.2 Å². The van der Waals surface area contributed by atoms with Crippen LogP contribution in [0.15, 0.2) is 0 Å². The summed E-state index contributed by atoms with van der Waals surface area (Å²) < 4.78 is 0. The lowest BCUT2D eigenvalue weighted by Gasteiger charge is -2.24. The van der Waals surface area contributed by atoms with Crippen molar-refractivity contribution in [1.82, 2.24) is 0 Å². The number of alkyl halides is 2. The van der Waals surface area contributed by atoms with E-state index in [2.05, 4.69) is 0 Å². The Bertz CT molecular complexity index is 72.1. The molecule has 0 aromatic heterocycles. The molecule has 0 aromatic carbocycles. The Hall–Kier alpha value is 0.580. The molecule has 0 saturated carbocycles. The zero-order chi connectivity index (χ0) is 7.71. The van der Waals surface area contributed by atoms with Crippen LogP contribution in [0.5, 0.6) is 0 Å². The van der Waals surface area contributed by atoms with Gasteiger partial charge in [0.2, 0.25) is 0 Å². The first-order valence-corrected chi connectivity index (χ1v) is 3.84. The first kappa shape index (κ1) is 9.58. The van der Waals surface area contributed by atoms with Gasteiger partial charge in [0, 0.05) is 9.75 Å². The molecule has 0 aliphatic rings. The molecule has 0 heterocycles. The number of rotatable bonds is 2. The largest absolute Gasteiger partial charge is 0.120 e. The van der Waals surface area contributed by atoms with E-state index in [0.29, 0.717) is 0 Å². The Balaban J connectivity index is 3.75. The zero-order valence-corrected chi connectivity index (χ0v) is 7.97. The van der Waals surface area contributed by atoms with Crippen molar-refractivity contribution in [1.29, 1.82) is 0 Å². The van der Waals surface area contributed by atoms with E-state index in [1.165, 1.54) is 0 Å². The van der Waals surface area contributed by atoms with Crippen LogP contribution < -0.4 is 0 Å². The lowest BCUT2D eigenvalue weighted by atomic mass is 9.99. The molecule has 0 radical (unpaired) electrons. The van der Waals surface area contributed by atoms with Gasteiger partial charge < -0.3 is 0 Å². The predicted octanol–water partition coefficient (Wildman–Crippen LogP) is 3.41. The minimum atomic E-state index is -0.175. The van der Waals surface area contributed by atoms with Crippen molar-refractivity contribution in [2.75, 3.05) is 0 Å². The van der Waals surface area contributed by atoms with Crippen LogP contribution in [0.1, 0.15) is 34.1 Å². The van der Waals surface area contributed by atoms with Crippen molar-refractivity contribution in [2.45, 2.75) is 43.9 Å². The lowest BCUT2D eigenvalue weighted by Crippen LogP contribution is -2.23. The van der Waals surface area contributed by atoms with Gasteiger partial charge in [-0.3, -0.25) is 0 Å². The summed E-state index contributed by atoms with van der Waals surface area (Å²) in [5.74, 6) is 0. The Morgan fingerprint density at radius 2 is 1.11 bits per heavy atom. The fourth-order valence-corrected chi connectivity index (χ4v) is 1.74. The average Bonchev–Trinajstić information content (AvgIpc) is 1.14. The third kappa shape index (κ3) is 8.58. The predicted molar refractivity (Wildman–Crippen MR) is 44.5 cm³/mol. The third-order valence-electron chi connectivity index (χ3n) is 0.841. The summed E-state index contributed by atoms with van der Waals surface area (Å²) in [6.45, 7) is 7.88. The number of halogens is 2. The number of hydrogen-bond acceptors (Lipinski definition) is 0. The summed E-state index contributed by atoms with van der Waals surface area (Å²) in [6.07, 6.45) is 0.823. The minimum absolute atomic E-state index is 0.175. The maximum Gasteiger partial charge on any atom is 0.0407 e. The van der Waals surface area contributed by atoms with Crippen molar-refractivity contribution in [3.8, 4) is 0 Å². The van der Waals surface area contributed by atoms with Crippen molar-refractivity contribution >= 4 is 23.2 Å². The van der Waals surface area contributed by atoms with E-state index in [1.54, 1.807) is 0 Å². The Morgan fingerprint density at radius 1 is 0.889 bits per heavy atom. The summed E-state index contributed by atoms with van der Waals surface area (Å²) in [4.78, 5) is -0.351. The molecule has 0 aromatic rings. The molecule has 56 valence electrons. The summed E-state index contributed by atoms with van der Waals surface area (Å²) in [6, 6.07) is 0. The van der Waals surface area contributed by atoms with E-state index >= 15 is 0 Å². The quantitative estimate of drug-likeness (QED) is 0.555. The summed E-state index contributed by atoms with van der Waals surface area (Å²) in [7, 11) is 0. The fourth-order valence-electron chi connectivity index (χ4n) is 1.000. The molecule has 0 bridgehead atoms. The molecule has 0 aliphatic carbocycles. The monoisotopic (exact) mass is 168 g/mol. The van der Waals surface area contributed by atoms with Crippen molar-refractivity contribution in [2.24, 2.45) is 0 Å². The van der Waals surface area contributed by atoms with Gasteiger partial charge in [-0.1, -0.05) is 0 Å². The molecule has 0 fully saturated rings. The van der Waals surface area contributed by atoms with Gasteiger partial charge in [0.25, 0.3) is 0 Å². The topological polar surface area (TPSA) is 0 Å². The van der Waals surface area contributed by atoms with Crippen LogP contribution in [0.4, 0.5) is 0 Å². The fraction of sp³-hybridized carbons (Fsp3) is 1.00. The summed E-state index contributed by atoms with van der Waals surface area (Å²) in [5, 5.41) is 0. The smallest absolute Gasteiger partial charge is 0.0407 e. The highest BCUT2D eigenvalue weighted by Crippen LogP contribution is 2.29. The van der Waals surface area contributed by atoms with Gasteiger partial charge in [-0.05, 0) is 34.1 Å². The van der Waals surface area contributed by atoms with Crippen LogP contribution in [0.3, 0.4) is 0 Å². The standard InChI is InChI=1S/C7H14Cl2/c1-6(2,8)5-7(3,4)9/h5H2,1-4H3. The molecule has 0 atom stereocenters. The molecule has 0 unspecified atom stereocenters. The Kier molecular flexibility index (Phi) is 2.85. The molecular weight excluding hydrogens is 155 g/mol. The van der Waals surface area contributed by atoms with E-state index in [9.17, 15) is 0 Å². The minimum Gasteiger partial charge on any atom is -0.120 e. The molecule has 0 rings (SSSR count). The van der Waals surface area contributed by atoms with Gasteiger partial charge in [0.1, 0.15) is 0 Å². The third-order valence-corrected chi connectivity index (χ3v) is 1.11. The SMILES string of the molecule is CC(C)(Cl)CC(C)(C)Cl. The molecule has 0 N–H and O–H groups in total. The van der Waals surface area contributed by atoms with Crippen molar-refractivity contribution in [3.63, 3.8) is 0 Å². The van der Waals surface area contributed by atoms with Gasteiger partial charge in [-0.25, -0.2) is 0 Å². The number of hydrogen-bond donors (Lipinski definition) is 0. The van der Waals surface area contributed by atoms with Gasteiger partial charge in [0.15, 0.2) is 0 Å². The maximum absolute atomic E-state index is 5.93. The van der Waals surface area contributed by atoms with Crippen LogP contribution in [0.25, 0.3) is 0 Å². The second-order valence-corrected chi connectivity index (χ2v) is 5.66. The second-order valence-electron chi connectivity index (χ2n) is 3.61. The first-order chi connectivity index (χ1) is 3.71. The highest BCUT2D eigenvalue weighted by atomic mass is 35.5. The van der Waals surface area contributed by atoms with E-state index < -0.39 is 0 Å². The molecular formula is C7H14Cl2. The summed E-state index contributed by atoms with van der Waals surface area (Å²) in [5.41, 5.74) is 0. The molecule has 0 aliphatic heterocycles. The van der Waals surface area contributed by atoms with Gasteiger partial charge >= 0.3 is 0 Å². The highest BCUT2D eigenvalue weighted by Gasteiger charge is 2.24. The van der Waals surface area contributed by atoms with Crippen molar-refractivity contribution < 1.29 is 0 Å². The van der Waals surface area contributed by atoms with E-state index in [0.717, 1.165) is 6.42 Å². The van der Waals surface area contributed by atoms with E-state index in [-0.39, 0.29) is 9.75 Å². The Morgan fingerprint density at radius 3 is 1.11 bits per heavy atom. The molecule has 0 amide bonds. The second kappa shape index (κ2) is 2.67. The van der Waals surface area contributed by atoms with Crippen molar-refractivity contribution in [3.05, 3.63) is 0 Å². The highest BCUT2D eigenvalue weighted by molar-refractivity contribution is 6.26. The van der Waals surface area contributed by atoms with Crippen LogP contribution in [0.2, 0.25) is 0 Å². The Labute approximate surface area is 67.5 Å². The van der Waals surface area contributed by atoms with Crippen LogP contribution >= 0.6 is 23.2 Å². The van der Waals surface area contributed by atoms with Crippen LogP contribution in [-0.2, 0) is 0 Å². The molecule has 0 nitrogen and oxygen atoms in total.